The third-order valence-electron chi connectivity index (χ3n) is 2.32. The summed E-state index contributed by atoms with van der Waals surface area (Å²) in [6, 6.07) is 6.63. The van der Waals surface area contributed by atoms with E-state index in [2.05, 4.69) is 4.42 Å². The summed E-state index contributed by atoms with van der Waals surface area (Å²) in [6.45, 7) is 0. The smallest absolute Gasteiger partial charge is 0.314 e. The molecule has 0 amide bonds. The normalized spacial score (nSPS) is 15.4. The minimum absolute atomic E-state index is 0.174. The van der Waals surface area contributed by atoms with Gasteiger partial charge in [-0.1, -0.05) is 19.4 Å². The van der Waals surface area contributed by atoms with E-state index >= 15 is 0 Å². The summed E-state index contributed by atoms with van der Waals surface area (Å²) in [7, 11) is -9.80. The fourth-order valence-corrected chi connectivity index (χ4v) is 2.34. The van der Waals surface area contributed by atoms with Gasteiger partial charge in [0.05, 0.1) is 17.9 Å². The molecule has 0 aliphatic rings. The van der Waals surface area contributed by atoms with Crippen LogP contribution in [0.3, 0.4) is 0 Å². The zero-order valence-electron chi connectivity index (χ0n) is 9.12. The van der Waals surface area contributed by atoms with Crippen molar-refractivity contribution >= 4 is 10.2 Å². The quantitative estimate of drug-likeness (QED) is 0.688. The number of nitrogens with zero attached hydrogens (tertiary/aromatic N) is 1. The van der Waals surface area contributed by atoms with Crippen LogP contribution >= 0.6 is 10.2 Å². The average Bonchev–Trinajstić information content (AvgIpc) is 2.76. The first-order valence-corrected chi connectivity index (χ1v) is 6.78. The molecule has 0 aliphatic carbocycles. The Labute approximate surface area is 104 Å². The van der Waals surface area contributed by atoms with E-state index in [1.165, 1.54) is 12.1 Å². The van der Waals surface area contributed by atoms with Crippen LogP contribution in [-0.2, 0) is 0 Å². The van der Waals surface area contributed by atoms with Gasteiger partial charge in [0.1, 0.15) is 0 Å². The lowest BCUT2D eigenvalue weighted by Crippen LogP contribution is -2.05. The molecule has 8 heteroatoms. The summed E-state index contributed by atoms with van der Waals surface area (Å²) in [6.07, 6.45) is 0.556. The molecule has 2 nitrogen and oxygen atoms in total. The van der Waals surface area contributed by atoms with Crippen molar-refractivity contribution in [1.29, 1.82) is 5.26 Å². The van der Waals surface area contributed by atoms with Crippen LogP contribution in [0.4, 0.5) is 19.4 Å². The highest BCUT2D eigenvalue weighted by Gasteiger charge is 2.67. The van der Waals surface area contributed by atoms with Crippen LogP contribution in [0.2, 0.25) is 0 Å². The summed E-state index contributed by atoms with van der Waals surface area (Å²) < 4.78 is 68.3. The number of furan rings is 1. The molecule has 1 aromatic heterocycles. The van der Waals surface area contributed by atoms with E-state index in [0.717, 1.165) is 12.1 Å². The molecular formula is C11H6F5NOS. The molecule has 1 heterocycles. The lowest BCUT2D eigenvalue weighted by Gasteiger charge is -2.39. The van der Waals surface area contributed by atoms with Gasteiger partial charge >= 0.3 is 10.2 Å². The van der Waals surface area contributed by atoms with E-state index in [1.54, 1.807) is 6.07 Å². The van der Waals surface area contributed by atoms with E-state index in [9.17, 15) is 19.4 Å². The summed E-state index contributed by atoms with van der Waals surface area (Å²) in [5, 5.41) is 8.56. The topological polar surface area (TPSA) is 36.9 Å². The van der Waals surface area contributed by atoms with E-state index in [4.69, 9.17) is 5.26 Å². The molecule has 102 valence electrons. The molecular weight excluding hydrogens is 289 g/mol. The van der Waals surface area contributed by atoms with Crippen LogP contribution in [0.15, 0.2) is 45.9 Å². The van der Waals surface area contributed by atoms with Crippen LogP contribution in [0, 0.1) is 11.3 Å². The van der Waals surface area contributed by atoms with E-state index in [-0.39, 0.29) is 17.2 Å². The van der Waals surface area contributed by atoms with Crippen molar-refractivity contribution < 1.29 is 23.8 Å². The fourth-order valence-electron chi connectivity index (χ4n) is 1.51. The first-order chi connectivity index (χ1) is 8.51. The molecule has 0 unspecified atom stereocenters. The van der Waals surface area contributed by atoms with Gasteiger partial charge in [-0.25, -0.2) is 0 Å². The summed E-state index contributed by atoms with van der Waals surface area (Å²) >= 11 is 0. The summed E-state index contributed by atoms with van der Waals surface area (Å²) in [5.41, 5.74) is 0.0245. The largest absolute Gasteiger partial charge is 0.463 e. The zero-order valence-corrected chi connectivity index (χ0v) is 9.93. The van der Waals surface area contributed by atoms with Crippen molar-refractivity contribution in [2.45, 2.75) is 4.90 Å². The molecule has 0 spiro atoms. The fraction of sp³-hybridized carbons (Fsp3) is 0. The first kappa shape index (κ1) is 13.4. The van der Waals surface area contributed by atoms with Gasteiger partial charge in [-0.15, -0.1) is 0 Å². The number of hydrogen-bond acceptors (Lipinski definition) is 2. The predicted octanol–water partition coefficient (Wildman–Crippen LogP) is 5.48. The van der Waals surface area contributed by atoms with Crippen LogP contribution < -0.4 is 0 Å². The van der Waals surface area contributed by atoms with Crippen molar-refractivity contribution in [3.63, 3.8) is 0 Å². The van der Waals surface area contributed by atoms with Gasteiger partial charge in [0.2, 0.25) is 0 Å². The van der Waals surface area contributed by atoms with Crippen LogP contribution in [0.25, 0.3) is 11.3 Å². The predicted molar refractivity (Wildman–Crippen MR) is 60.3 cm³/mol. The minimum atomic E-state index is -9.80. The van der Waals surface area contributed by atoms with Crippen LogP contribution in [0.1, 0.15) is 5.56 Å². The number of nitriles is 1. The molecule has 0 N–H and O–H groups in total. The van der Waals surface area contributed by atoms with Gasteiger partial charge in [0, 0.05) is 5.56 Å². The summed E-state index contributed by atoms with van der Waals surface area (Å²) in [5.74, 6) is -0.955. The number of hydrogen-bond donors (Lipinski definition) is 0. The van der Waals surface area contributed by atoms with Gasteiger partial charge < -0.3 is 4.42 Å². The molecule has 0 radical (unpaired) electrons. The second kappa shape index (κ2) is 3.30. The Morgan fingerprint density at radius 3 is 2.00 bits per heavy atom. The number of halogens is 5. The Bertz CT molecular complexity index is 666. The molecule has 1 aromatic carbocycles. The molecule has 19 heavy (non-hydrogen) atoms. The first-order valence-electron chi connectivity index (χ1n) is 4.83. The Morgan fingerprint density at radius 1 is 0.947 bits per heavy atom. The second-order valence-corrected chi connectivity index (χ2v) is 6.15. The monoisotopic (exact) mass is 295 g/mol. The van der Waals surface area contributed by atoms with Crippen molar-refractivity contribution in [3.8, 4) is 17.4 Å². The van der Waals surface area contributed by atoms with Crippen molar-refractivity contribution in [3.05, 3.63) is 42.2 Å². The lowest BCUT2D eigenvalue weighted by molar-refractivity contribution is 0.363. The molecule has 0 atom stereocenters. The summed E-state index contributed by atoms with van der Waals surface area (Å²) in [4.78, 5) is -2.07. The van der Waals surface area contributed by atoms with Gasteiger partial charge in [-0.05, 0) is 30.3 Å². The minimum Gasteiger partial charge on any atom is -0.463 e. The van der Waals surface area contributed by atoms with E-state index < -0.39 is 20.9 Å². The molecule has 0 saturated heterocycles. The van der Waals surface area contributed by atoms with Gasteiger partial charge in [-0.3, -0.25) is 0 Å². The molecule has 0 bridgehead atoms. The Balaban J connectivity index is 2.61. The number of rotatable bonds is 2. The van der Waals surface area contributed by atoms with Gasteiger partial charge in [0.15, 0.2) is 10.7 Å². The maximum absolute atomic E-state index is 12.8. The van der Waals surface area contributed by atoms with Crippen molar-refractivity contribution in [1.82, 2.24) is 0 Å². The van der Waals surface area contributed by atoms with Crippen LogP contribution in [-0.4, -0.2) is 0 Å². The number of benzene rings is 1. The maximum Gasteiger partial charge on any atom is 0.314 e. The highest BCUT2D eigenvalue weighted by Crippen LogP contribution is 3.02. The van der Waals surface area contributed by atoms with Crippen molar-refractivity contribution in [2.75, 3.05) is 0 Å². The van der Waals surface area contributed by atoms with Crippen LogP contribution in [0.5, 0.6) is 0 Å². The Hall–Kier alpha value is -2.01. The standard InChI is InChI=1S/C11H6F5NOS/c12-19(13,14,15,16)10-5-6-18-11(10)9-3-1-8(7-17)2-4-9/h1-6H. The highest BCUT2D eigenvalue weighted by molar-refractivity contribution is 8.45. The zero-order chi connectivity index (χ0) is 14.4. The van der Waals surface area contributed by atoms with Gasteiger partial charge in [-0.2, -0.15) is 5.26 Å². The molecule has 2 aromatic rings. The Kier molecular flexibility index (Phi) is 2.33. The third kappa shape index (κ3) is 2.71. The molecule has 0 aliphatic heterocycles. The van der Waals surface area contributed by atoms with Crippen molar-refractivity contribution in [2.24, 2.45) is 0 Å². The second-order valence-electron chi connectivity index (χ2n) is 3.77. The van der Waals surface area contributed by atoms with Gasteiger partial charge in [0.25, 0.3) is 0 Å². The highest BCUT2D eigenvalue weighted by atomic mass is 32.5. The maximum atomic E-state index is 12.8. The SMILES string of the molecule is N#Cc1ccc(-c2occc2S(F)(F)(F)(F)F)cc1. The molecule has 2 rings (SSSR count). The molecule has 0 fully saturated rings. The third-order valence-corrected chi connectivity index (χ3v) is 3.47. The molecule has 0 saturated carbocycles. The average molecular weight is 295 g/mol. The van der Waals surface area contributed by atoms with E-state index in [0.29, 0.717) is 6.26 Å². The Morgan fingerprint density at radius 2 is 1.53 bits per heavy atom. The van der Waals surface area contributed by atoms with E-state index in [1.807, 2.05) is 0 Å². The lowest BCUT2D eigenvalue weighted by atomic mass is 10.1.